The molecule has 6 heteroatoms. The first-order valence-corrected chi connectivity index (χ1v) is 3.60. The number of hydrogen-bond donors (Lipinski definition) is 2. The lowest BCUT2D eigenvalue weighted by molar-refractivity contribution is 0.277. The molecule has 0 unspecified atom stereocenters. The van der Waals surface area contributed by atoms with Crippen LogP contribution in [0.5, 0.6) is 0 Å². The van der Waals surface area contributed by atoms with E-state index in [4.69, 9.17) is 5.11 Å². The predicted molar refractivity (Wildman–Crippen MR) is 39.4 cm³/mol. The third-order valence-corrected chi connectivity index (χ3v) is 1.50. The number of aromatic nitrogens is 3. The van der Waals surface area contributed by atoms with E-state index < -0.39 is 12.4 Å². The second-order valence-corrected chi connectivity index (χ2v) is 2.31. The van der Waals surface area contributed by atoms with Crippen LogP contribution in [0.15, 0.2) is 4.79 Å². The number of aliphatic hydroxyl groups is 1. The van der Waals surface area contributed by atoms with Crippen molar-refractivity contribution >= 4 is 0 Å². The van der Waals surface area contributed by atoms with Gasteiger partial charge in [0.25, 0.3) is 0 Å². The van der Waals surface area contributed by atoms with Gasteiger partial charge in [-0.05, 0) is 6.42 Å². The van der Waals surface area contributed by atoms with Gasteiger partial charge < -0.3 is 5.11 Å². The van der Waals surface area contributed by atoms with Gasteiger partial charge in [0.2, 0.25) is 0 Å². The largest absolute Gasteiger partial charge is 0.396 e. The SMILES string of the molecule is O=c1[nH]nc(CF)n1CCCO. The fraction of sp³-hybridized carbons (Fsp3) is 0.667. The molecule has 0 bridgehead atoms. The Morgan fingerprint density at radius 2 is 2.42 bits per heavy atom. The molecule has 0 aliphatic heterocycles. The Morgan fingerprint density at radius 3 is 3.00 bits per heavy atom. The molecular formula is C6H10FN3O2. The summed E-state index contributed by atoms with van der Waals surface area (Å²) < 4.78 is 13.3. The Kier molecular flexibility index (Phi) is 2.98. The summed E-state index contributed by atoms with van der Waals surface area (Å²) in [5.74, 6) is 0.0773. The van der Waals surface area contributed by atoms with Crippen molar-refractivity contribution in [3.63, 3.8) is 0 Å². The van der Waals surface area contributed by atoms with E-state index in [1.54, 1.807) is 0 Å². The first-order chi connectivity index (χ1) is 5.79. The maximum atomic E-state index is 12.1. The van der Waals surface area contributed by atoms with Crippen LogP contribution in [0.1, 0.15) is 12.2 Å². The third kappa shape index (κ3) is 1.70. The Balaban J connectivity index is 2.79. The number of nitrogens with one attached hydrogen (secondary N) is 1. The Morgan fingerprint density at radius 1 is 1.67 bits per heavy atom. The Labute approximate surface area is 67.8 Å². The maximum Gasteiger partial charge on any atom is 0.343 e. The smallest absolute Gasteiger partial charge is 0.343 e. The highest BCUT2D eigenvalue weighted by atomic mass is 19.1. The van der Waals surface area contributed by atoms with Crippen molar-refractivity contribution in [1.29, 1.82) is 0 Å². The van der Waals surface area contributed by atoms with Crippen molar-refractivity contribution in [1.82, 2.24) is 14.8 Å². The highest BCUT2D eigenvalue weighted by Crippen LogP contribution is 1.94. The van der Waals surface area contributed by atoms with Gasteiger partial charge in [0.15, 0.2) is 5.82 Å². The third-order valence-electron chi connectivity index (χ3n) is 1.50. The zero-order chi connectivity index (χ0) is 8.97. The van der Waals surface area contributed by atoms with Crippen LogP contribution in [-0.4, -0.2) is 26.5 Å². The molecule has 1 rings (SSSR count). The Bertz CT molecular complexity index is 293. The number of aromatic amines is 1. The van der Waals surface area contributed by atoms with Gasteiger partial charge in [-0.15, -0.1) is 0 Å². The van der Waals surface area contributed by atoms with E-state index in [2.05, 4.69) is 10.2 Å². The monoisotopic (exact) mass is 175 g/mol. The van der Waals surface area contributed by atoms with Crippen LogP contribution >= 0.6 is 0 Å². The first kappa shape index (κ1) is 8.92. The quantitative estimate of drug-likeness (QED) is 0.643. The molecule has 5 nitrogen and oxygen atoms in total. The summed E-state index contributed by atoms with van der Waals surface area (Å²) in [6.45, 7) is -0.501. The van der Waals surface area contributed by atoms with Crippen LogP contribution in [0, 0.1) is 0 Å². The van der Waals surface area contributed by atoms with Gasteiger partial charge >= 0.3 is 5.69 Å². The minimum atomic E-state index is -0.774. The summed E-state index contributed by atoms with van der Waals surface area (Å²) >= 11 is 0. The highest BCUT2D eigenvalue weighted by molar-refractivity contribution is 4.82. The van der Waals surface area contributed by atoms with E-state index in [1.807, 2.05) is 0 Å². The summed E-state index contributed by atoms with van der Waals surface area (Å²) in [5.41, 5.74) is -0.434. The molecule has 0 fully saturated rings. The number of aliphatic hydroxyl groups excluding tert-OH is 1. The summed E-state index contributed by atoms with van der Waals surface area (Å²) in [7, 11) is 0. The molecular weight excluding hydrogens is 165 g/mol. The molecule has 0 aliphatic carbocycles. The van der Waals surface area contributed by atoms with Crippen LogP contribution in [-0.2, 0) is 13.2 Å². The van der Waals surface area contributed by atoms with E-state index in [0.717, 1.165) is 0 Å². The molecule has 1 aromatic heterocycles. The van der Waals surface area contributed by atoms with Crippen LogP contribution in [0.4, 0.5) is 4.39 Å². The molecule has 12 heavy (non-hydrogen) atoms. The molecule has 0 aliphatic rings. The van der Waals surface area contributed by atoms with Crippen molar-refractivity contribution in [2.24, 2.45) is 0 Å². The molecule has 0 spiro atoms. The van der Waals surface area contributed by atoms with Crippen LogP contribution in [0.25, 0.3) is 0 Å². The molecule has 0 aromatic carbocycles. The van der Waals surface area contributed by atoms with E-state index >= 15 is 0 Å². The van der Waals surface area contributed by atoms with Gasteiger partial charge in [-0.1, -0.05) is 0 Å². The number of halogens is 1. The normalized spacial score (nSPS) is 10.5. The molecule has 2 N–H and O–H groups in total. The van der Waals surface area contributed by atoms with Gasteiger partial charge in [0.05, 0.1) is 0 Å². The fourth-order valence-corrected chi connectivity index (χ4v) is 0.912. The number of rotatable bonds is 4. The average molecular weight is 175 g/mol. The fourth-order valence-electron chi connectivity index (χ4n) is 0.912. The summed E-state index contributed by atoms with van der Waals surface area (Å²) in [6.07, 6.45) is 0.423. The molecule has 1 heterocycles. The summed E-state index contributed by atoms with van der Waals surface area (Å²) in [4.78, 5) is 10.9. The topological polar surface area (TPSA) is 70.9 Å². The minimum Gasteiger partial charge on any atom is -0.396 e. The number of alkyl halides is 1. The summed E-state index contributed by atoms with van der Waals surface area (Å²) in [6, 6.07) is 0. The summed E-state index contributed by atoms with van der Waals surface area (Å²) in [5, 5.41) is 14.1. The lowest BCUT2D eigenvalue weighted by atomic mass is 10.4. The second-order valence-electron chi connectivity index (χ2n) is 2.31. The van der Waals surface area contributed by atoms with Crippen molar-refractivity contribution in [3.05, 3.63) is 16.3 Å². The van der Waals surface area contributed by atoms with Crippen molar-refractivity contribution in [3.8, 4) is 0 Å². The lowest BCUT2D eigenvalue weighted by Gasteiger charge is -1.99. The van der Waals surface area contributed by atoms with Crippen LogP contribution in [0.2, 0.25) is 0 Å². The van der Waals surface area contributed by atoms with E-state index in [9.17, 15) is 9.18 Å². The van der Waals surface area contributed by atoms with Gasteiger partial charge in [-0.3, -0.25) is 4.57 Å². The standard InChI is InChI=1S/C6H10FN3O2/c7-4-5-8-9-6(12)10(5)2-1-3-11/h11H,1-4H2,(H,9,12). The number of H-pyrrole nitrogens is 1. The molecule has 1 aromatic rings. The van der Waals surface area contributed by atoms with Crippen LogP contribution in [0.3, 0.4) is 0 Å². The molecule has 0 saturated heterocycles. The van der Waals surface area contributed by atoms with E-state index in [1.165, 1.54) is 4.57 Å². The lowest BCUT2D eigenvalue weighted by Crippen LogP contribution is -2.19. The number of hydrogen-bond acceptors (Lipinski definition) is 3. The van der Waals surface area contributed by atoms with Gasteiger partial charge in [-0.2, -0.15) is 5.10 Å². The zero-order valence-corrected chi connectivity index (χ0v) is 6.46. The van der Waals surface area contributed by atoms with E-state index in [0.29, 0.717) is 13.0 Å². The molecule has 0 amide bonds. The highest BCUT2D eigenvalue weighted by Gasteiger charge is 2.05. The Hall–Kier alpha value is -1.17. The van der Waals surface area contributed by atoms with Gasteiger partial charge in [-0.25, -0.2) is 14.3 Å². The second kappa shape index (κ2) is 4.01. The molecule has 0 saturated carbocycles. The molecule has 68 valence electrons. The van der Waals surface area contributed by atoms with Crippen molar-refractivity contribution in [2.45, 2.75) is 19.6 Å². The number of nitrogens with zero attached hydrogens (tertiary/aromatic N) is 2. The maximum absolute atomic E-state index is 12.1. The van der Waals surface area contributed by atoms with Gasteiger partial charge in [0.1, 0.15) is 6.67 Å². The average Bonchev–Trinajstić information content (AvgIpc) is 2.43. The van der Waals surface area contributed by atoms with Crippen molar-refractivity contribution in [2.75, 3.05) is 6.61 Å². The zero-order valence-electron chi connectivity index (χ0n) is 6.46. The molecule has 0 atom stereocenters. The first-order valence-electron chi connectivity index (χ1n) is 3.60. The van der Waals surface area contributed by atoms with E-state index in [-0.39, 0.29) is 12.4 Å². The van der Waals surface area contributed by atoms with Crippen LogP contribution < -0.4 is 5.69 Å². The van der Waals surface area contributed by atoms with Gasteiger partial charge in [0, 0.05) is 13.2 Å². The van der Waals surface area contributed by atoms with Crippen molar-refractivity contribution < 1.29 is 9.50 Å². The minimum absolute atomic E-state index is 0.0245. The molecule has 0 radical (unpaired) electrons. The predicted octanol–water partition coefficient (Wildman–Crippen LogP) is -0.577.